The monoisotopic (exact) mass is 244 g/mol. The molecule has 0 aromatic rings. The second-order valence-electron chi connectivity index (χ2n) is 3.72. The largest absolute Gasteiger partial charge is 0.390 e. The summed E-state index contributed by atoms with van der Waals surface area (Å²) in [6, 6.07) is 0. The molecule has 5 nitrogen and oxygen atoms in total. The number of alkyl halides is 1. The molecule has 6 heteroatoms. The second kappa shape index (κ2) is 5.23. The molecule has 0 bridgehead atoms. The fourth-order valence-corrected chi connectivity index (χ4v) is 1.20. The third-order valence-electron chi connectivity index (χ3n) is 2.24. The first kappa shape index (κ1) is 12.9. The van der Waals surface area contributed by atoms with Crippen molar-refractivity contribution in [2.45, 2.75) is 18.6 Å². The minimum atomic E-state index is -1.16. The van der Waals surface area contributed by atoms with E-state index in [4.69, 9.17) is 11.6 Å². The van der Waals surface area contributed by atoms with Crippen molar-refractivity contribution in [2.24, 2.45) is 4.99 Å². The van der Waals surface area contributed by atoms with Crippen LogP contribution in [0.3, 0.4) is 0 Å². The van der Waals surface area contributed by atoms with E-state index in [0.717, 1.165) is 0 Å². The first-order valence-electron chi connectivity index (χ1n) is 4.79. The maximum absolute atomic E-state index is 10.7. The molecule has 1 rings (SSSR count). The minimum absolute atomic E-state index is 0.122. The van der Waals surface area contributed by atoms with Crippen molar-refractivity contribution >= 4 is 17.3 Å². The zero-order chi connectivity index (χ0) is 12.2. The summed E-state index contributed by atoms with van der Waals surface area (Å²) in [5.41, 5.74) is -0.562. The Morgan fingerprint density at radius 1 is 1.62 bits per heavy atom. The van der Waals surface area contributed by atoms with Gasteiger partial charge in [0, 0.05) is 11.8 Å². The van der Waals surface area contributed by atoms with Gasteiger partial charge in [-0.05, 0) is 24.3 Å². The highest BCUT2D eigenvalue weighted by molar-refractivity contribution is 6.18. The van der Waals surface area contributed by atoms with Crippen LogP contribution in [-0.2, 0) is 0 Å². The first-order chi connectivity index (χ1) is 7.48. The number of aliphatic hydroxyl groups excluding tert-OH is 1. The van der Waals surface area contributed by atoms with Gasteiger partial charge in [-0.2, -0.15) is 0 Å². The van der Waals surface area contributed by atoms with Crippen LogP contribution in [0.15, 0.2) is 29.3 Å². The molecular formula is C10H13ClN2O3. The third-order valence-corrected chi connectivity index (χ3v) is 2.60. The molecule has 0 fully saturated rings. The third kappa shape index (κ3) is 3.15. The Kier molecular flexibility index (Phi) is 4.20. The van der Waals surface area contributed by atoms with Gasteiger partial charge >= 0.3 is 0 Å². The van der Waals surface area contributed by atoms with Crippen LogP contribution in [0.4, 0.5) is 0 Å². The molecule has 0 saturated carbocycles. The Balaban J connectivity index is 2.66. The van der Waals surface area contributed by atoms with Gasteiger partial charge < -0.3 is 5.11 Å². The standard InChI is InChI=1S/C10H13ClN2O3/c1-10(13(15)16)4-2-8(3-5-10)12-7-9(14)6-11/h2-5,9,14H,6-7H2,1H3. The van der Waals surface area contributed by atoms with Gasteiger partial charge in [-0.15, -0.1) is 11.6 Å². The Morgan fingerprint density at radius 3 is 2.62 bits per heavy atom. The lowest BCUT2D eigenvalue weighted by Crippen LogP contribution is -2.31. The van der Waals surface area contributed by atoms with Crippen LogP contribution in [0.5, 0.6) is 0 Å². The van der Waals surface area contributed by atoms with Crippen LogP contribution in [0.1, 0.15) is 6.92 Å². The van der Waals surface area contributed by atoms with E-state index in [1.807, 2.05) is 0 Å². The number of halogens is 1. The quantitative estimate of drug-likeness (QED) is 0.459. The van der Waals surface area contributed by atoms with Gasteiger partial charge in [-0.25, -0.2) is 0 Å². The smallest absolute Gasteiger partial charge is 0.256 e. The zero-order valence-electron chi connectivity index (χ0n) is 8.84. The van der Waals surface area contributed by atoms with Crippen molar-refractivity contribution in [3.05, 3.63) is 34.4 Å². The van der Waals surface area contributed by atoms with E-state index in [1.165, 1.54) is 19.1 Å². The molecule has 0 heterocycles. The number of rotatable bonds is 4. The molecule has 0 aromatic heterocycles. The van der Waals surface area contributed by atoms with Crippen LogP contribution in [0, 0.1) is 10.1 Å². The molecule has 0 radical (unpaired) electrons. The maximum atomic E-state index is 10.7. The van der Waals surface area contributed by atoms with Gasteiger partial charge in [0.15, 0.2) is 0 Å². The second-order valence-corrected chi connectivity index (χ2v) is 4.03. The predicted molar refractivity (Wildman–Crippen MR) is 62.7 cm³/mol. The number of hydrogen-bond donors (Lipinski definition) is 1. The molecule has 0 amide bonds. The molecular weight excluding hydrogens is 232 g/mol. The molecule has 0 aromatic carbocycles. The zero-order valence-corrected chi connectivity index (χ0v) is 9.59. The first-order valence-corrected chi connectivity index (χ1v) is 5.33. The number of nitrogens with zero attached hydrogens (tertiary/aromatic N) is 2. The van der Waals surface area contributed by atoms with Gasteiger partial charge in [-0.1, -0.05) is 0 Å². The highest BCUT2D eigenvalue weighted by Crippen LogP contribution is 2.17. The van der Waals surface area contributed by atoms with Gasteiger partial charge in [0.2, 0.25) is 0 Å². The maximum Gasteiger partial charge on any atom is 0.256 e. The van der Waals surface area contributed by atoms with Crippen LogP contribution in [-0.4, -0.2) is 39.8 Å². The van der Waals surface area contributed by atoms with E-state index >= 15 is 0 Å². The van der Waals surface area contributed by atoms with E-state index in [-0.39, 0.29) is 17.3 Å². The molecule has 0 aliphatic heterocycles. The van der Waals surface area contributed by atoms with Gasteiger partial charge in [0.1, 0.15) is 0 Å². The van der Waals surface area contributed by atoms with Gasteiger partial charge in [0.25, 0.3) is 5.54 Å². The average molecular weight is 245 g/mol. The lowest BCUT2D eigenvalue weighted by Gasteiger charge is -2.15. The molecule has 1 atom stereocenters. The summed E-state index contributed by atoms with van der Waals surface area (Å²) in [6.45, 7) is 1.70. The summed E-state index contributed by atoms with van der Waals surface area (Å²) >= 11 is 5.41. The fraction of sp³-hybridized carbons (Fsp3) is 0.500. The summed E-state index contributed by atoms with van der Waals surface area (Å²) in [5.74, 6) is 0.122. The Bertz CT molecular complexity index is 347. The number of aliphatic hydroxyl groups is 1. The Hall–Kier alpha value is -1.20. The molecule has 1 N–H and O–H groups in total. The summed E-state index contributed by atoms with van der Waals surface area (Å²) in [4.78, 5) is 14.4. The predicted octanol–water partition coefficient (Wildman–Crippen LogP) is 1.19. The SMILES string of the molecule is CC1([N+](=O)[O-])C=CC(=NCC(O)CCl)C=C1. The van der Waals surface area contributed by atoms with E-state index in [1.54, 1.807) is 12.2 Å². The number of nitro groups is 1. The minimum Gasteiger partial charge on any atom is -0.390 e. The van der Waals surface area contributed by atoms with Crippen LogP contribution in [0.2, 0.25) is 0 Å². The molecule has 1 unspecified atom stereocenters. The van der Waals surface area contributed by atoms with Crippen LogP contribution >= 0.6 is 11.6 Å². The van der Waals surface area contributed by atoms with Crippen molar-refractivity contribution < 1.29 is 10.0 Å². The van der Waals surface area contributed by atoms with Crippen molar-refractivity contribution in [3.63, 3.8) is 0 Å². The molecule has 0 saturated heterocycles. The molecule has 16 heavy (non-hydrogen) atoms. The van der Waals surface area contributed by atoms with E-state index in [2.05, 4.69) is 4.99 Å². The molecule has 0 spiro atoms. The number of hydrogen-bond acceptors (Lipinski definition) is 4. The lowest BCUT2D eigenvalue weighted by atomic mass is 9.96. The van der Waals surface area contributed by atoms with Crippen molar-refractivity contribution in [1.82, 2.24) is 0 Å². The summed E-state index contributed by atoms with van der Waals surface area (Å²) in [7, 11) is 0. The Labute approximate surface area is 98.3 Å². The molecule has 88 valence electrons. The van der Waals surface area contributed by atoms with Gasteiger partial charge in [0.05, 0.1) is 24.2 Å². The highest BCUT2D eigenvalue weighted by atomic mass is 35.5. The normalized spacial score (nSPS) is 25.6. The Morgan fingerprint density at radius 2 is 2.19 bits per heavy atom. The topological polar surface area (TPSA) is 75.7 Å². The molecule has 1 aliphatic rings. The van der Waals surface area contributed by atoms with E-state index in [9.17, 15) is 15.2 Å². The average Bonchev–Trinajstić information content (AvgIpc) is 2.27. The van der Waals surface area contributed by atoms with Gasteiger partial charge in [-0.3, -0.25) is 15.1 Å². The molecule has 1 aliphatic carbocycles. The van der Waals surface area contributed by atoms with E-state index < -0.39 is 11.6 Å². The van der Waals surface area contributed by atoms with E-state index in [0.29, 0.717) is 5.71 Å². The number of aliphatic imine (C=N–C) groups is 1. The summed E-state index contributed by atoms with van der Waals surface area (Å²) < 4.78 is 0. The van der Waals surface area contributed by atoms with Crippen molar-refractivity contribution in [2.75, 3.05) is 12.4 Å². The van der Waals surface area contributed by atoms with Crippen LogP contribution < -0.4 is 0 Å². The number of allylic oxidation sites excluding steroid dienone is 2. The van der Waals surface area contributed by atoms with Crippen LogP contribution in [0.25, 0.3) is 0 Å². The van der Waals surface area contributed by atoms with Crippen molar-refractivity contribution in [1.29, 1.82) is 0 Å². The fourth-order valence-electron chi connectivity index (χ4n) is 1.11. The van der Waals surface area contributed by atoms with Crippen molar-refractivity contribution in [3.8, 4) is 0 Å². The summed E-state index contributed by atoms with van der Waals surface area (Å²) in [6.07, 6.45) is 5.41. The lowest BCUT2D eigenvalue weighted by molar-refractivity contribution is -0.535. The highest BCUT2D eigenvalue weighted by Gasteiger charge is 2.32. The summed E-state index contributed by atoms with van der Waals surface area (Å²) in [5, 5.41) is 19.9.